The van der Waals surface area contributed by atoms with E-state index in [0.717, 1.165) is 24.5 Å². The maximum atomic E-state index is 6.31. The van der Waals surface area contributed by atoms with Crippen molar-refractivity contribution in [2.24, 2.45) is 11.7 Å². The van der Waals surface area contributed by atoms with Crippen LogP contribution >= 0.6 is 0 Å². The molecular weight excluding hydrogens is 210 g/mol. The van der Waals surface area contributed by atoms with Crippen molar-refractivity contribution in [3.8, 4) is 5.75 Å². The standard InChI is InChI=1S/C15H21NO/c16-13(9-11-5-1-2-6-11)15-10-12-7-3-4-8-14(12)17-15/h3-4,7-8,11,13,15H,1-2,5-6,9-10,16H2. The predicted molar refractivity (Wildman–Crippen MR) is 69.1 cm³/mol. The second-order valence-electron chi connectivity index (χ2n) is 5.52. The van der Waals surface area contributed by atoms with Crippen molar-refractivity contribution in [1.82, 2.24) is 0 Å². The fourth-order valence-corrected chi connectivity index (χ4v) is 3.23. The molecule has 92 valence electrons. The summed E-state index contributed by atoms with van der Waals surface area (Å²) in [7, 11) is 0. The average Bonchev–Trinajstić information content (AvgIpc) is 2.96. The third kappa shape index (κ3) is 2.32. The highest BCUT2D eigenvalue weighted by atomic mass is 16.5. The Morgan fingerprint density at radius 3 is 2.76 bits per heavy atom. The summed E-state index contributed by atoms with van der Waals surface area (Å²) in [6, 6.07) is 8.51. The molecule has 1 aromatic rings. The highest BCUT2D eigenvalue weighted by Gasteiger charge is 2.30. The topological polar surface area (TPSA) is 35.2 Å². The predicted octanol–water partition coefficient (Wildman–Crippen LogP) is 2.90. The van der Waals surface area contributed by atoms with Gasteiger partial charge < -0.3 is 10.5 Å². The molecule has 17 heavy (non-hydrogen) atoms. The smallest absolute Gasteiger partial charge is 0.123 e. The highest BCUT2D eigenvalue weighted by molar-refractivity contribution is 5.37. The lowest BCUT2D eigenvalue weighted by molar-refractivity contribution is 0.182. The van der Waals surface area contributed by atoms with E-state index >= 15 is 0 Å². The first-order valence-electron chi connectivity index (χ1n) is 6.83. The summed E-state index contributed by atoms with van der Waals surface area (Å²) in [5.41, 5.74) is 7.63. The molecule has 3 rings (SSSR count). The SMILES string of the molecule is NC(CC1CCCC1)C1Cc2ccccc2O1. The van der Waals surface area contributed by atoms with E-state index < -0.39 is 0 Å². The monoisotopic (exact) mass is 231 g/mol. The number of hydrogen-bond donors (Lipinski definition) is 1. The van der Waals surface area contributed by atoms with E-state index in [0.29, 0.717) is 0 Å². The van der Waals surface area contributed by atoms with Crippen molar-refractivity contribution in [3.05, 3.63) is 29.8 Å². The fraction of sp³-hybridized carbons (Fsp3) is 0.600. The van der Waals surface area contributed by atoms with Gasteiger partial charge in [0, 0.05) is 12.5 Å². The Morgan fingerprint density at radius 2 is 2.00 bits per heavy atom. The molecule has 1 aliphatic carbocycles. The zero-order valence-electron chi connectivity index (χ0n) is 10.3. The van der Waals surface area contributed by atoms with Crippen LogP contribution < -0.4 is 10.5 Å². The zero-order chi connectivity index (χ0) is 11.7. The molecule has 2 heteroatoms. The van der Waals surface area contributed by atoms with Gasteiger partial charge in [-0.15, -0.1) is 0 Å². The lowest BCUT2D eigenvalue weighted by Crippen LogP contribution is -2.39. The first-order chi connectivity index (χ1) is 8.33. The van der Waals surface area contributed by atoms with Crippen LogP contribution in [0.4, 0.5) is 0 Å². The minimum atomic E-state index is 0.200. The number of para-hydroxylation sites is 1. The van der Waals surface area contributed by atoms with Crippen LogP contribution in [0.15, 0.2) is 24.3 Å². The van der Waals surface area contributed by atoms with E-state index in [4.69, 9.17) is 10.5 Å². The Balaban J connectivity index is 1.60. The van der Waals surface area contributed by atoms with Gasteiger partial charge in [0.05, 0.1) is 0 Å². The van der Waals surface area contributed by atoms with Gasteiger partial charge in [-0.25, -0.2) is 0 Å². The van der Waals surface area contributed by atoms with Crippen LogP contribution in [0.25, 0.3) is 0 Å². The van der Waals surface area contributed by atoms with Crippen molar-refractivity contribution >= 4 is 0 Å². The molecule has 1 aromatic carbocycles. The second kappa shape index (κ2) is 4.69. The van der Waals surface area contributed by atoms with E-state index in [1.165, 1.54) is 31.2 Å². The fourth-order valence-electron chi connectivity index (χ4n) is 3.23. The van der Waals surface area contributed by atoms with Crippen LogP contribution in [0.5, 0.6) is 5.75 Å². The molecule has 1 saturated carbocycles. The molecule has 0 spiro atoms. The molecule has 1 aliphatic heterocycles. The number of benzene rings is 1. The molecule has 0 saturated heterocycles. The summed E-state index contributed by atoms with van der Waals surface area (Å²) in [6.45, 7) is 0. The van der Waals surface area contributed by atoms with Crippen molar-refractivity contribution in [2.45, 2.75) is 50.7 Å². The lowest BCUT2D eigenvalue weighted by Gasteiger charge is -2.22. The summed E-state index contributed by atoms with van der Waals surface area (Å²) >= 11 is 0. The summed E-state index contributed by atoms with van der Waals surface area (Å²) in [4.78, 5) is 0. The second-order valence-corrected chi connectivity index (χ2v) is 5.52. The Kier molecular flexibility index (Phi) is 3.06. The van der Waals surface area contributed by atoms with Crippen LogP contribution in [0, 0.1) is 5.92 Å². The third-order valence-electron chi connectivity index (χ3n) is 4.23. The minimum absolute atomic E-state index is 0.200. The van der Waals surface area contributed by atoms with Gasteiger partial charge in [0.2, 0.25) is 0 Å². The summed E-state index contributed by atoms with van der Waals surface area (Å²) < 4.78 is 5.95. The third-order valence-corrected chi connectivity index (χ3v) is 4.23. The van der Waals surface area contributed by atoms with Gasteiger partial charge in [0.25, 0.3) is 0 Å². The first-order valence-corrected chi connectivity index (χ1v) is 6.83. The lowest BCUT2D eigenvalue weighted by atomic mass is 9.94. The van der Waals surface area contributed by atoms with Gasteiger partial charge in [-0.05, 0) is 24.0 Å². The Hall–Kier alpha value is -1.02. The molecule has 0 aromatic heterocycles. The van der Waals surface area contributed by atoms with Gasteiger partial charge in [-0.3, -0.25) is 0 Å². The van der Waals surface area contributed by atoms with Crippen LogP contribution in [-0.4, -0.2) is 12.1 Å². The first kappa shape index (κ1) is 11.1. The van der Waals surface area contributed by atoms with E-state index in [1.54, 1.807) is 0 Å². The minimum Gasteiger partial charge on any atom is -0.488 e. The molecule has 1 heterocycles. The molecule has 2 nitrogen and oxygen atoms in total. The van der Waals surface area contributed by atoms with Gasteiger partial charge >= 0.3 is 0 Å². The van der Waals surface area contributed by atoms with Gasteiger partial charge in [-0.1, -0.05) is 43.9 Å². The summed E-state index contributed by atoms with van der Waals surface area (Å²) in [5, 5.41) is 0. The van der Waals surface area contributed by atoms with E-state index in [9.17, 15) is 0 Å². The number of hydrogen-bond acceptors (Lipinski definition) is 2. The Morgan fingerprint density at radius 1 is 1.24 bits per heavy atom. The quantitative estimate of drug-likeness (QED) is 0.868. The van der Waals surface area contributed by atoms with Crippen LogP contribution in [0.3, 0.4) is 0 Å². The van der Waals surface area contributed by atoms with Gasteiger partial charge in [-0.2, -0.15) is 0 Å². The van der Waals surface area contributed by atoms with Crippen LogP contribution in [-0.2, 0) is 6.42 Å². The Bertz CT molecular complexity index is 359. The average molecular weight is 231 g/mol. The van der Waals surface area contributed by atoms with E-state index in [1.807, 2.05) is 6.07 Å². The van der Waals surface area contributed by atoms with Crippen LogP contribution in [0.2, 0.25) is 0 Å². The molecule has 1 fully saturated rings. The number of nitrogens with two attached hydrogens (primary N) is 1. The van der Waals surface area contributed by atoms with Gasteiger partial charge in [0.1, 0.15) is 11.9 Å². The largest absolute Gasteiger partial charge is 0.488 e. The molecule has 0 amide bonds. The molecule has 2 unspecified atom stereocenters. The molecule has 2 N–H and O–H groups in total. The molecule has 0 radical (unpaired) electrons. The molecule has 2 aliphatic rings. The number of rotatable bonds is 3. The maximum Gasteiger partial charge on any atom is 0.123 e. The number of ether oxygens (including phenoxy) is 1. The normalized spacial score (nSPS) is 25.6. The van der Waals surface area contributed by atoms with Gasteiger partial charge in [0.15, 0.2) is 0 Å². The Labute approximate surface area is 103 Å². The van der Waals surface area contributed by atoms with E-state index in [-0.39, 0.29) is 12.1 Å². The van der Waals surface area contributed by atoms with Crippen molar-refractivity contribution in [2.75, 3.05) is 0 Å². The molecule has 2 atom stereocenters. The van der Waals surface area contributed by atoms with Crippen molar-refractivity contribution < 1.29 is 4.74 Å². The van der Waals surface area contributed by atoms with E-state index in [2.05, 4.69) is 18.2 Å². The zero-order valence-corrected chi connectivity index (χ0v) is 10.3. The van der Waals surface area contributed by atoms with Crippen LogP contribution in [0.1, 0.15) is 37.7 Å². The highest BCUT2D eigenvalue weighted by Crippen LogP contribution is 2.33. The maximum absolute atomic E-state index is 6.31. The number of fused-ring (bicyclic) bond motifs is 1. The molecule has 0 bridgehead atoms. The van der Waals surface area contributed by atoms with Crippen molar-refractivity contribution in [3.63, 3.8) is 0 Å². The summed E-state index contributed by atoms with van der Waals surface area (Å²) in [6.07, 6.45) is 7.85. The molecular formula is C15H21NO. The summed E-state index contributed by atoms with van der Waals surface area (Å²) in [5.74, 6) is 1.89. The van der Waals surface area contributed by atoms with Crippen molar-refractivity contribution in [1.29, 1.82) is 0 Å².